The molecule has 0 aliphatic heterocycles. The Morgan fingerprint density at radius 3 is 2.40 bits per heavy atom. The number of rotatable bonds is 6. The fourth-order valence-electron chi connectivity index (χ4n) is 2.39. The molecule has 2 aromatic carbocycles. The third-order valence-electron chi connectivity index (χ3n) is 3.49. The van der Waals surface area contributed by atoms with Crippen LogP contribution in [0.5, 0.6) is 0 Å². The van der Waals surface area contributed by atoms with Gasteiger partial charge in [0.25, 0.3) is 0 Å². The van der Waals surface area contributed by atoms with Crippen molar-refractivity contribution in [2.24, 2.45) is 0 Å². The predicted octanol–water partition coefficient (Wildman–Crippen LogP) is 4.93. The molecule has 0 amide bonds. The second-order valence-corrected chi connectivity index (χ2v) is 5.77. The third kappa shape index (κ3) is 4.24. The number of aryl methyl sites for hydroxylation is 1. The molecule has 0 fully saturated rings. The molecular formula is C17H19Cl2N. The Labute approximate surface area is 130 Å². The number of hydrogen-bond acceptors (Lipinski definition) is 1. The Kier molecular flexibility index (Phi) is 5.90. The van der Waals surface area contributed by atoms with Crippen molar-refractivity contribution in [3.8, 4) is 0 Å². The fraction of sp³-hybridized carbons (Fsp3) is 0.294. The van der Waals surface area contributed by atoms with E-state index in [2.05, 4.69) is 41.7 Å². The molecule has 0 heterocycles. The van der Waals surface area contributed by atoms with Crippen molar-refractivity contribution < 1.29 is 0 Å². The summed E-state index contributed by atoms with van der Waals surface area (Å²) >= 11 is 12.0. The molecule has 0 aromatic heterocycles. The summed E-state index contributed by atoms with van der Waals surface area (Å²) in [6.07, 6.45) is 2.08. The highest BCUT2D eigenvalue weighted by molar-refractivity contribution is 6.42. The van der Waals surface area contributed by atoms with E-state index in [0.29, 0.717) is 16.0 Å². The van der Waals surface area contributed by atoms with Gasteiger partial charge < -0.3 is 5.32 Å². The molecular weight excluding hydrogens is 289 g/mol. The van der Waals surface area contributed by atoms with E-state index < -0.39 is 0 Å². The zero-order valence-electron chi connectivity index (χ0n) is 11.6. The van der Waals surface area contributed by atoms with Gasteiger partial charge >= 0.3 is 0 Å². The van der Waals surface area contributed by atoms with Gasteiger partial charge in [0.05, 0.1) is 10.0 Å². The first-order valence-electron chi connectivity index (χ1n) is 6.84. The van der Waals surface area contributed by atoms with E-state index in [-0.39, 0.29) is 0 Å². The molecule has 106 valence electrons. The second kappa shape index (κ2) is 7.68. The zero-order chi connectivity index (χ0) is 14.4. The Hall–Kier alpha value is -1.02. The maximum absolute atomic E-state index is 6.06. The number of nitrogens with one attached hydrogen (secondary N) is 1. The topological polar surface area (TPSA) is 12.0 Å². The minimum Gasteiger partial charge on any atom is -0.319 e. The van der Waals surface area contributed by atoms with Gasteiger partial charge in [-0.2, -0.15) is 0 Å². The van der Waals surface area contributed by atoms with Gasteiger partial charge in [0.2, 0.25) is 0 Å². The third-order valence-corrected chi connectivity index (χ3v) is 4.23. The zero-order valence-corrected chi connectivity index (χ0v) is 13.1. The van der Waals surface area contributed by atoms with Crippen LogP contribution in [0.2, 0.25) is 10.0 Å². The van der Waals surface area contributed by atoms with Crippen molar-refractivity contribution in [2.45, 2.75) is 18.8 Å². The van der Waals surface area contributed by atoms with Crippen LogP contribution in [0, 0.1) is 0 Å². The normalized spacial score (nSPS) is 12.3. The quantitative estimate of drug-likeness (QED) is 0.798. The van der Waals surface area contributed by atoms with Gasteiger partial charge in [-0.05, 0) is 49.1 Å². The summed E-state index contributed by atoms with van der Waals surface area (Å²) in [5.41, 5.74) is 2.61. The summed E-state index contributed by atoms with van der Waals surface area (Å²) in [5, 5.41) is 4.53. The minimum atomic E-state index is 0.510. The first-order chi connectivity index (χ1) is 9.70. The molecule has 20 heavy (non-hydrogen) atoms. The number of likely N-dealkylation sites (N-methyl/N-ethyl adjacent to an activating group) is 1. The van der Waals surface area contributed by atoms with Crippen LogP contribution in [-0.4, -0.2) is 13.6 Å². The number of benzene rings is 2. The molecule has 2 rings (SSSR count). The molecule has 0 aliphatic carbocycles. The van der Waals surface area contributed by atoms with E-state index in [1.807, 2.05) is 19.2 Å². The predicted molar refractivity (Wildman–Crippen MR) is 87.9 cm³/mol. The lowest BCUT2D eigenvalue weighted by molar-refractivity contribution is 0.584. The van der Waals surface area contributed by atoms with E-state index in [4.69, 9.17) is 23.2 Å². The molecule has 1 atom stereocenters. The van der Waals surface area contributed by atoms with Crippen LogP contribution in [0.1, 0.15) is 23.5 Å². The van der Waals surface area contributed by atoms with Gasteiger partial charge in [0.15, 0.2) is 0 Å². The molecule has 0 spiro atoms. The lowest BCUT2D eigenvalue weighted by atomic mass is 9.92. The molecule has 1 N–H and O–H groups in total. The maximum atomic E-state index is 6.06. The molecule has 0 radical (unpaired) electrons. The van der Waals surface area contributed by atoms with Crippen molar-refractivity contribution in [2.75, 3.05) is 13.6 Å². The molecule has 2 aromatic rings. The molecule has 0 saturated carbocycles. The van der Waals surface area contributed by atoms with Gasteiger partial charge in [0.1, 0.15) is 0 Å². The van der Waals surface area contributed by atoms with Crippen molar-refractivity contribution in [1.29, 1.82) is 0 Å². The molecule has 0 aliphatic rings. The van der Waals surface area contributed by atoms with Crippen molar-refractivity contribution >= 4 is 23.2 Å². The van der Waals surface area contributed by atoms with Crippen LogP contribution in [0.4, 0.5) is 0 Å². The van der Waals surface area contributed by atoms with Crippen LogP contribution in [0.15, 0.2) is 48.5 Å². The van der Waals surface area contributed by atoms with Gasteiger partial charge in [-0.1, -0.05) is 59.6 Å². The standard InChI is InChI=1S/C17H19Cl2N/c1-20-12-15(14-5-3-2-4-6-14)9-7-13-8-10-16(18)17(19)11-13/h2-6,8,10-11,15,20H,7,9,12H2,1H3. The van der Waals surface area contributed by atoms with Crippen LogP contribution in [-0.2, 0) is 6.42 Å². The van der Waals surface area contributed by atoms with E-state index in [1.54, 1.807) is 0 Å². The van der Waals surface area contributed by atoms with Crippen molar-refractivity contribution in [1.82, 2.24) is 5.32 Å². The van der Waals surface area contributed by atoms with Gasteiger partial charge in [-0.15, -0.1) is 0 Å². The lowest BCUT2D eigenvalue weighted by Gasteiger charge is -2.17. The smallest absolute Gasteiger partial charge is 0.0595 e. The number of halogens is 2. The van der Waals surface area contributed by atoms with Crippen molar-refractivity contribution in [3.05, 3.63) is 69.7 Å². The molecule has 3 heteroatoms. The summed E-state index contributed by atoms with van der Waals surface area (Å²) in [7, 11) is 2.00. The highest BCUT2D eigenvalue weighted by Crippen LogP contribution is 2.25. The average Bonchev–Trinajstić information content (AvgIpc) is 2.48. The Balaban J connectivity index is 2.03. The average molecular weight is 308 g/mol. The summed E-state index contributed by atoms with van der Waals surface area (Å²) in [6, 6.07) is 16.5. The van der Waals surface area contributed by atoms with Crippen LogP contribution in [0.3, 0.4) is 0 Å². The first-order valence-corrected chi connectivity index (χ1v) is 7.59. The maximum Gasteiger partial charge on any atom is 0.0595 e. The summed E-state index contributed by atoms with van der Waals surface area (Å²) in [5.74, 6) is 0.510. The van der Waals surface area contributed by atoms with Crippen LogP contribution >= 0.6 is 23.2 Å². The Bertz CT molecular complexity index is 540. The van der Waals surface area contributed by atoms with E-state index >= 15 is 0 Å². The van der Waals surface area contributed by atoms with Gasteiger partial charge in [0, 0.05) is 6.54 Å². The monoisotopic (exact) mass is 307 g/mol. The molecule has 0 bridgehead atoms. The Morgan fingerprint density at radius 1 is 1.00 bits per heavy atom. The summed E-state index contributed by atoms with van der Waals surface area (Å²) < 4.78 is 0. The molecule has 1 nitrogen and oxygen atoms in total. The fourth-order valence-corrected chi connectivity index (χ4v) is 2.71. The molecule has 1 unspecified atom stereocenters. The van der Waals surface area contributed by atoms with Gasteiger partial charge in [-0.25, -0.2) is 0 Å². The van der Waals surface area contributed by atoms with Gasteiger partial charge in [-0.3, -0.25) is 0 Å². The first kappa shape index (κ1) is 15.4. The minimum absolute atomic E-state index is 0.510. The van der Waals surface area contributed by atoms with E-state index in [0.717, 1.165) is 19.4 Å². The summed E-state index contributed by atoms with van der Waals surface area (Å²) in [4.78, 5) is 0. The summed E-state index contributed by atoms with van der Waals surface area (Å²) in [6.45, 7) is 0.978. The lowest BCUT2D eigenvalue weighted by Crippen LogP contribution is -2.17. The van der Waals surface area contributed by atoms with E-state index in [9.17, 15) is 0 Å². The second-order valence-electron chi connectivity index (χ2n) is 4.95. The highest BCUT2D eigenvalue weighted by atomic mass is 35.5. The van der Waals surface area contributed by atoms with Crippen LogP contribution < -0.4 is 5.32 Å². The highest BCUT2D eigenvalue weighted by Gasteiger charge is 2.11. The number of hydrogen-bond donors (Lipinski definition) is 1. The van der Waals surface area contributed by atoms with Crippen molar-refractivity contribution in [3.63, 3.8) is 0 Å². The Morgan fingerprint density at radius 2 is 1.75 bits per heavy atom. The van der Waals surface area contributed by atoms with E-state index in [1.165, 1.54) is 11.1 Å². The SMILES string of the molecule is CNCC(CCc1ccc(Cl)c(Cl)c1)c1ccccc1. The molecule has 0 saturated heterocycles. The van der Waals surface area contributed by atoms with Crippen LogP contribution in [0.25, 0.3) is 0 Å². The largest absolute Gasteiger partial charge is 0.319 e.